The van der Waals surface area contributed by atoms with Crippen LogP contribution in [0.1, 0.15) is 32.8 Å². The highest BCUT2D eigenvalue weighted by molar-refractivity contribution is 6.36. The van der Waals surface area contributed by atoms with Crippen LogP contribution < -0.4 is 10.1 Å². The Kier molecular flexibility index (Phi) is 8.93. The summed E-state index contributed by atoms with van der Waals surface area (Å²) in [6.45, 7) is 5.05. The third kappa shape index (κ3) is 6.34. The molecule has 1 N–H and O–H groups in total. The van der Waals surface area contributed by atoms with E-state index < -0.39 is 24.4 Å². The molecule has 0 saturated carbocycles. The Balaban J connectivity index is 2.30. The first-order valence-corrected chi connectivity index (χ1v) is 10.4. The summed E-state index contributed by atoms with van der Waals surface area (Å²) in [6.07, 6.45) is 0.367. The SMILES string of the molecule is CCC(C(=O)NC(C)C)N(Cc1c(Cl)cccc1Cl)C(=O)COc1ccccc1F. The summed E-state index contributed by atoms with van der Waals surface area (Å²) in [5.41, 5.74) is 0.524. The van der Waals surface area contributed by atoms with Crippen molar-refractivity contribution in [1.29, 1.82) is 0 Å². The summed E-state index contributed by atoms with van der Waals surface area (Å²) in [4.78, 5) is 27.2. The fraction of sp³-hybridized carbons (Fsp3) is 0.364. The molecule has 2 aromatic rings. The number of carbonyl (C=O) groups excluding carboxylic acids is 2. The molecule has 0 aliphatic carbocycles. The first-order valence-electron chi connectivity index (χ1n) is 9.64. The van der Waals surface area contributed by atoms with Gasteiger partial charge in [-0.3, -0.25) is 9.59 Å². The third-order valence-electron chi connectivity index (χ3n) is 4.39. The van der Waals surface area contributed by atoms with Crippen LogP contribution in [0.2, 0.25) is 10.0 Å². The summed E-state index contributed by atoms with van der Waals surface area (Å²) >= 11 is 12.6. The second-order valence-corrected chi connectivity index (χ2v) is 7.84. The predicted octanol–water partition coefficient (Wildman–Crippen LogP) is 4.84. The molecule has 0 heterocycles. The number of carbonyl (C=O) groups is 2. The van der Waals surface area contributed by atoms with Crippen LogP contribution in [0.3, 0.4) is 0 Å². The maximum Gasteiger partial charge on any atom is 0.261 e. The zero-order valence-electron chi connectivity index (χ0n) is 17.1. The second kappa shape index (κ2) is 11.2. The van der Waals surface area contributed by atoms with Crippen molar-refractivity contribution in [1.82, 2.24) is 10.2 Å². The molecule has 0 radical (unpaired) electrons. The summed E-state index contributed by atoms with van der Waals surface area (Å²) in [7, 11) is 0. The molecule has 0 spiro atoms. The molecule has 8 heteroatoms. The number of rotatable bonds is 9. The lowest BCUT2D eigenvalue weighted by molar-refractivity contribution is -0.143. The highest BCUT2D eigenvalue weighted by atomic mass is 35.5. The number of halogens is 3. The number of nitrogens with one attached hydrogen (secondary N) is 1. The van der Waals surface area contributed by atoms with E-state index >= 15 is 0 Å². The van der Waals surface area contributed by atoms with Crippen LogP contribution in [-0.4, -0.2) is 35.4 Å². The van der Waals surface area contributed by atoms with Crippen molar-refractivity contribution in [2.45, 2.75) is 45.8 Å². The van der Waals surface area contributed by atoms with E-state index in [0.29, 0.717) is 22.0 Å². The molecule has 5 nitrogen and oxygen atoms in total. The van der Waals surface area contributed by atoms with Crippen LogP contribution in [0.4, 0.5) is 4.39 Å². The van der Waals surface area contributed by atoms with Gasteiger partial charge in [0.25, 0.3) is 5.91 Å². The molecule has 0 fully saturated rings. The van der Waals surface area contributed by atoms with Gasteiger partial charge in [-0.25, -0.2) is 4.39 Å². The maximum absolute atomic E-state index is 13.8. The first-order chi connectivity index (χ1) is 14.2. The maximum atomic E-state index is 13.8. The van der Waals surface area contributed by atoms with Crippen LogP contribution in [0.5, 0.6) is 5.75 Å². The number of para-hydroxylation sites is 1. The minimum Gasteiger partial charge on any atom is -0.481 e. The second-order valence-electron chi connectivity index (χ2n) is 7.03. The van der Waals surface area contributed by atoms with Crippen molar-refractivity contribution in [2.24, 2.45) is 0 Å². The number of ether oxygens (including phenoxy) is 1. The van der Waals surface area contributed by atoms with E-state index in [2.05, 4.69) is 5.32 Å². The van der Waals surface area contributed by atoms with E-state index in [9.17, 15) is 14.0 Å². The van der Waals surface area contributed by atoms with E-state index in [1.54, 1.807) is 31.2 Å². The van der Waals surface area contributed by atoms with E-state index in [-0.39, 0.29) is 24.2 Å². The smallest absolute Gasteiger partial charge is 0.261 e. The van der Waals surface area contributed by atoms with Crippen LogP contribution >= 0.6 is 23.2 Å². The van der Waals surface area contributed by atoms with Gasteiger partial charge in [0.2, 0.25) is 5.91 Å². The molecule has 1 unspecified atom stereocenters. The standard InChI is InChI=1S/C22H25Cl2FN2O3/c1-4-19(22(29)26-14(2)3)27(12-15-16(23)8-7-9-17(15)24)21(28)13-30-20-11-6-5-10-18(20)25/h5-11,14,19H,4,12-13H2,1-3H3,(H,26,29). The van der Waals surface area contributed by atoms with Gasteiger partial charge in [0.1, 0.15) is 6.04 Å². The molecule has 2 amide bonds. The lowest BCUT2D eigenvalue weighted by atomic mass is 10.1. The van der Waals surface area contributed by atoms with Gasteiger partial charge < -0.3 is 15.0 Å². The molecule has 2 rings (SSSR count). The molecule has 0 aliphatic heterocycles. The highest BCUT2D eigenvalue weighted by Crippen LogP contribution is 2.27. The van der Waals surface area contributed by atoms with E-state index in [4.69, 9.17) is 27.9 Å². The Morgan fingerprint density at radius 1 is 1.10 bits per heavy atom. The summed E-state index contributed by atoms with van der Waals surface area (Å²) in [5, 5.41) is 3.59. The topological polar surface area (TPSA) is 58.6 Å². The molecule has 1 atom stereocenters. The van der Waals surface area contributed by atoms with Gasteiger partial charge in [-0.1, -0.05) is 48.3 Å². The average molecular weight is 455 g/mol. The summed E-state index contributed by atoms with van der Waals surface area (Å²) in [6, 6.07) is 9.97. The van der Waals surface area contributed by atoms with Crippen molar-refractivity contribution >= 4 is 35.0 Å². The Labute approximate surface area is 186 Å². The number of nitrogens with zero attached hydrogens (tertiary/aromatic N) is 1. The molecule has 162 valence electrons. The first kappa shape index (κ1) is 24.0. The fourth-order valence-corrected chi connectivity index (χ4v) is 3.46. The van der Waals surface area contributed by atoms with Crippen LogP contribution in [0, 0.1) is 5.82 Å². The van der Waals surface area contributed by atoms with Crippen molar-refractivity contribution in [3.05, 3.63) is 63.9 Å². The lowest BCUT2D eigenvalue weighted by Gasteiger charge is -2.31. The highest BCUT2D eigenvalue weighted by Gasteiger charge is 2.30. The van der Waals surface area contributed by atoms with Gasteiger partial charge >= 0.3 is 0 Å². The fourth-order valence-electron chi connectivity index (χ4n) is 2.94. The van der Waals surface area contributed by atoms with Gasteiger partial charge in [0.15, 0.2) is 18.2 Å². The molecule has 0 saturated heterocycles. The third-order valence-corrected chi connectivity index (χ3v) is 5.10. The molecule has 0 bridgehead atoms. The summed E-state index contributed by atoms with van der Waals surface area (Å²) in [5.74, 6) is -1.40. The Bertz CT molecular complexity index is 872. The number of amides is 2. The van der Waals surface area contributed by atoms with E-state index in [1.165, 1.54) is 23.1 Å². The molecule has 2 aromatic carbocycles. The largest absolute Gasteiger partial charge is 0.481 e. The molecule has 0 aromatic heterocycles. The van der Waals surface area contributed by atoms with Gasteiger partial charge in [0, 0.05) is 28.2 Å². The van der Waals surface area contributed by atoms with Crippen molar-refractivity contribution in [2.75, 3.05) is 6.61 Å². The molecular weight excluding hydrogens is 430 g/mol. The number of hydrogen-bond donors (Lipinski definition) is 1. The minimum absolute atomic E-state index is 0.0159. The van der Waals surface area contributed by atoms with Crippen molar-refractivity contribution in [3.63, 3.8) is 0 Å². The zero-order valence-corrected chi connectivity index (χ0v) is 18.6. The van der Waals surface area contributed by atoms with E-state index in [1.807, 2.05) is 13.8 Å². The Morgan fingerprint density at radius 2 is 1.73 bits per heavy atom. The Morgan fingerprint density at radius 3 is 2.30 bits per heavy atom. The van der Waals surface area contributed by atoms with Gasteiger partial charge in [0.05, 0.1) is 0 Å². The van der Waals surface area contributed by atoms with Gasteiger partial charge in [-0.05, 0) is 44.5 Å². The van der Waals surface area contributed by atoms with Crippen LogP contribution in [0.15, 0.2) is 42.5 Å². The van der Waals surface area contributed by atoms with Gasteiger partial charge in [-0.2, -0.15) is 0 Å². The van der Waals surface area contributed by atoms with Crippen LogP contribution in [-0.2, 0) is 16.1 Å². The molecular formula is C22H25Cl2FN2O3. The monoisotopic (exact) mass is 454 g/mol. The minimum atomic E-state index is -0.767. The normalized spacial score (nSPS) is 11.8. The molecule has 30 heavy (non-hydrogen) atoms. The number of hydrogen-bond acceptors (Lipinski definition) is 3. The quantitative estimate of drug-likeness (QED) is 0.589. The predicted molar refractivity (Wildman–Crippen MR) is 116 cm³/mol. The zero-order chi connectivity index (χ0) is 22.3. The number of benzene rings is 2. The lowest BCUT2D eigenvalue weighted by Crippen LogP contribution is -2.51. The van der Waals surface area contributed by atoms with Crippen molar-refractivity contribution < 1.29 is 18.7 Å². The molecule has 0 aliphatic rings. The van der Waals surface area contributed by atoms with Gasteiger partial charge in [-0.15, -0.1) is 0 Å². The average Bonchev–Trinajstić information content (AvgIpc) is 2.68. The van der Waals surface area contributed by atoms with E-state index in [0.717, 1.165) is 0 Å². The summed E-state index contributed by atoms with van der Waals surface area (Å²) < 4.78 is 19.2. The Hall–Kier alpha value is -2.31. The van der Waals surface area contributed by atoms with Crippen LogP contribution in [0.25, 0.3) is 0 Å². The van der Waals surface area contributed by atoms with Crippen molar-refractivity contribution in [3.8, 4) is 5.75 Å².